The number of likely N-dealkylation sites (tertiary alicyclic amines) is 1. The molecule has 6 rings (SSSR count). The fraction of sp³-hybridized carbons (Fsp3) is 0.594. The molecule has 1 spiro atoms. The van der Waals surface area contributed by atoms with Crippen LogP contribution in [-0.4, -0.2) is 120 Å². The van der Waals surface area contributed by atoms with Crippen molar-refractivity contribution in [2.45, 2.75) is 44.1 Å². The number of carbonyl (C=O) groups excluding carboxylic acids is 3. The van der Waals surface area contributed by atoms with Gasteiger partial charge in [-0.2, -0.15) is 0 Å². The number of fused-ring (bicyclic) bond motifs is 2. The van der Waals surface area contributed by atoms with Crippen LogP contribution in [0.15, 0.2) is 54.6 Å². The van der Waals surface area contributed by atoms with Crippen LogP contribution in [0.3, 0.4) is 0 Å². The van der Waals surface area contributed by atoms with Crippen molar-refractivity contribution in [3.05, 3.63) is 54.6 Å². The first kappa shape index (κ1) is 29.0. The summed E-state index contributed by atoms with van der Waals surface area (Å²) in [5.41, 5.74) is -0.552. The summed E-state index contributed by atoms with van der Waals surface area (Å²) in [6.07, 6.45) is 7.48. The van der Waals surface area contributed by atoms with E-state index in [1.165, 1.54) is 0 Å². The van der Waals surface area contributed by atoms with Crippen molar-refractivity contribution in [2.75, 3.05) is 64.0 Å². The number of nitrogens with zero attached hydrogens (tertiary/aromatic N) is 4. The van der Waals surface area contributed by atoms with Gasteiger partial charge in [0, 0.05) is 45.0 Å². The highest BCUT2D eigenvalue weighted by atomic mass is 16.5. The normalized spacial score (nSPS) is 32.2. The van der Waals surface area contributed by atoms with E-state index in [1.54, 1.807) is 14.7 Å². The molecule has 0 aromatic heterocycles. The lowest BCUT2D eigenvalue weighted by molar-refractivity contribution is -0.150. The monoisotopic (exact) mass is 578 g/mol. The second-order valence-electron chi connectivity index (χ2n) is 12.4. The van der Waals surface area contributed by atoms with Crippen molar-refractivity contribution in [2.24, 2.45) is 17.8 Å². The first-order chi connectivity index (χ1) is 20.4. The Morgan fingerprint density at radius 3 is 2.45 bits per heavy atom. The van der Waals surface area contributed by atoms with Gasteiger partial charge in [0.2, 0.25) is 17.7 Å². The van der Waals surface area contributed by atoms with Crippen molar-refractivity contribution < 1.29 is 29.0 Å². The van der Waals surface area contributed by atoms with E-state index in [0.717, 1.165) is 18.8 Å². The standard InChI is InChI=1S/C32H42N4O6/c1-22(2)20-24(21-37)36-28-31(40)34(15-14-33-16-18-41-19-17-33)12-7-11-32(28)27(30(36)39)26-25(42-32)10-6-13-35(29(26)38)23-8-4-3-5-9-23/h3-11,22,24-28,37H,12-21H2,1-2H3/t24-,25+,26-,27+,28?,32+/m1/s1. The SMILES string of the molecule is CC(C)C[C@H](CO)N1C(=O)[C@@H]2[C@@H]3C(=O)N(c4ccccc4)CC=C[C@@H]3O[C@@]23C=CCN(CCN2CCOCC2)C(=O)C13. The third-order valence-corrected chi connectivity index (χ3v) is 9.39. The fourth-order valence-corrected chi connectivity index (χ4v) is 7.46. The van der Waals surface area contributed by atoms with Crippen molar-refractivity contribution >= 4 is 23.4 Å². The highest BCUT2D eigenvalue weighted by Crippen LogP contribution is 2.54. The van der Waals surface area contributed by atoms with Gasteiger partial charge in [-0.15, -0.1) is 0 Å². The lowest BCUT2D eigenvalue weighted by atomic mass is 9.77. The number of aliphatic hydroxyl groups is 1. The van der Waals surface area contributed by atoms with Crippen LogP contribution in [-0.2, 0) is 23.9 Å². The van der Waals surface area contributed by atoms with Gasteiger partial charge in [0.1, 0.15) is 11.6 Å². The molecule has 0 aliphatic carbocycles. The molecule has 3 amide bonds. The molecule has 5 aliphatic rings. The average Bonchev–Trinajstić information content (AvgIpc) is 3.32. The minimum absolute atomic E-state index is 0.185. The molecule has 6 atom stereocenters. The number of para-hydroxylation sites is 1. The first-order valence-corrected chi connectivity index (χ1v) is 15.3. The summed E-state index contributed by atoms with van der Waals surface area (Å²) in [5, 5.41) is 10.5. The minimum atomic E-state index is -1.30. The largest absolute Gasteiger partial charge is 0.394 e. The molecular weight excluding hydrogens is 536 g/mol. The van der Waals surface area contributed by atoms with Crippen LogP contribution in [0.2, 0.25) is 0 Å². The molecule has 226 valence electrons. The number of ether oxygens (including phenoxy) is 2. The van der Waals surface area contributed by atoms with Gasteiger partial charge in [-0.05, 0) is 24.5 Å². The van der Waals surface area contributed by atoms with E-state index < -0.39 is 35.6 Å². The smallest absolute Gasteiger partial charge is 0.249 e. The molecule has 0 radical (unpaired) electrons. The maximum atomic E-state index is 14.6. The Balaban J connectivity index is 1.37. The Hall–Kier alpha value is -3.05. The lowest BCUT2D eigenvalue weighted by Gasteiger charge is -2.39. The summed E-state index contributed by atoms with van der Waals surface area (Å²) < 4.78 is 12.2. The Morgan fingerprint density at radius 1 is 0.976 bits per heavy atom. The Morgan fingerprint density at radius 2 is 1.74 bits per heavy atom. The first-order valence-electron chi connectivity index (χ1n) is 15.3. The molecule has 1 aromatic carbocycles. The van der Waals surface area contributed by atoms with E-state index in [1.807, 2.05) is 68.5 Å². The predicted molar refractivity (Wildman–Crippen MR) is 156 cm³/mol. The zero-order valence-corrected chi connectivity index (χ0v) is 24.5. The number of hydrogen-bond donors (Lipinski definition) is 1. The summed E-state index contributed by atoms with van der Waals surface area (Å²) in [6.45, 7) is 8.75. The van der Waals surface area contributed by atoms with Gasteiger partial charge in [0.05, 0.1) is 43.8 Å². The van der Waals surface area contributed by atoms with Gasteiger partial charge >= 0.3 is 0 Å². The van der Waals surface area contributed by atoms with E-state index in [0.29, 0.717) is 45.8 Å². The maximum absolute atomic E-state index is 14.6. The molecule has 42 heavy (non-hydrogen) atoms. The molecule has 5 aliphatic heterocycles. The third-order valence-electron chi connectivity index (χ3n) is 9.39. The van der Waals surface area contributed by atoms with Gasteiger partial charge in [-0.25, -0.2) is 0 Å². The zero-order chi connectivity index (χ0) is 29.4. The Bertz CT molecular complexity index is 1230. The summed E-state index contributed by atoms with van der Waals surface area (Å²) in [5.74, 6) is -2.17. The van der Waals surface area contributed by atoms with Crippen molar-refractivity contribution in [3.63, 3.8) is 0 Å². The van der Waals surface area contributed by atoms with Crippen molar-refractivity contribution in [3.8, 4) is 0 Å². The average molecular weight is 579 g/mol. The number of morpholine rings is 1. The number of aliphatic hydroxyl groups excluding tert-OH is 1. The van der Waals surface area contributed by atoms with Gasteiger partial charge < -0.3 is 29.3 Å². The van der Waals surface area contributed by atoms with E-state index >= 15 is 0 Å². The highest BCUT2D eigenvalue weighted by molar-refractivity contribution is 6.04. The molecule has 0 saturated carbocycles. The Kier molecular flexibility index (Phi) is 8.24. The van der Waals surface area contributed by atoms with Crippen LogP contribution in [0.1, 0.15) is 20.3 Å². The van der Waals surface area contributed by atoms with Gasteiger partial charge in [0.15, 0.2) is 0 Å². The third kappa shape index (κ3) is 4.98. The van der Waals surface area contributed by atoms with Crippen LogP contribution < -0.4 is 4.90 Å². The van der Waals surface area contributed by atoms with E-state index in [2.05, 4.69) is 4.90 Å². The molecule has 0 bridgehead atoms. The summed E-state index contributed by atoms with van der Waals surface area (Å²) in [4.78, 5) is 50.7. The minimum Gasteiger partial charge on any atom is -0.394 e. The molecule has 1 N–H and O–H groups in total. The van der Waals surface area contributed by atoms with Crippen LogP contribution in [0.25, 0.3) is 0 Å². The number of benzene rings is 1. The van der Waals surface area contributed by atoms with Crippen LogP contribution >= 0.6 is 0 Å². The zero-order valence-electron chi connectivity index (χ0n) is 24.5. The van der Waals surface area contributed by atoms with Gasteiger partial charge in [0.25, 0.3) is 0 Å². The summed E-state index contributed by atoms with van der Waals surface area (Å²) in [7, 11) is 0. The van der Waals surface area contributed by atoms with E-state index in [9.17, 15) is 19.5 Å². The van der Waals surface area contributed by atoms with E-state index in [-0.39, 0.29) is 30.2 Å². The van der Waals surface area contributed by atoms with Crippen LogP contribution in [0.5, 0.6) is 0 Å². The second-order valence-corrected chi connectivity index (χ2v) is 12.4. The number of amides is 3. The molecule has 5 heterocycles. The number of hydrogen-bond acceptors (Lipinski definition) is 7. The van der Waals surface area contributed by atoms with Crippen LogP contribution in [0.4, 0.5) is 5.69 Å². The lowest BCUT2D eigenvalue weighted by Crippen LogP contribution is -2.59. The van der Waals surface area contributed by atoms with E-state index in [4.69, 9.17) is 9.47 Å². The summed E-state index contributed by atoms with van der Waals surface area (Å²) >= 11 is 0. The topological polar surface area (TPSA) is 103 Å². The van der Waals surface area contributed by atoms with Gasteiger partial charge in [-0.1, -0.05) is 56.4 Å². The molecule has 10 nitrogen and oxygen atoms in total. The summed E-state index contributed by atoms with van der Waals surface area (Å²) in [6, 6.07) is 7.91. The molecule has 3 saturated heterocycles. The molecule has 10 heteroatoms. The second kappa shape index (κ2) is 11.9. The number of rotatable bonds is 8. The van der Waals surface area contributed by atoms with Crippen LogP contribution in [0, 0.1) is 17.8 Å². The van der Waals surface area contributed by atoms with Crippen molar-refractivity contribution in [1.82, 2.24) is 14.7 Å². The maximum Gasteiger partial charge on any atom is 0.249 e. The van der Waals surface area contributed by atoms with Gasteiger partial charge in [-0.3, -0.25) is 19.3 Å². The number of carbonyl (C=O) groups is 3. The molecule has 1 aromatic rings. The molecular formula is C32H42N4O6. The Labute approximate surface area is 247 Å². The van der Waals surface area contributed by atoms with Crippen molar-refractivity contribution in [1.29, 1.82) is 0 Å². The highest BCUT2D eigenvalue weighted by Gasteiger charge is 2.72. The molecule has 1 unspecified atom stereocenters. The predicted octanol–water partition coefficient (Wildman–Crippen LogP) is 1.31. The quantitative estimate of drug-likeness (QED) is 0.464. The number of anilines is 1. The fourth-order valence-electron chi connectivity index (χ4n) is 7.46. The molecule has 3 fully saturated rings.